The lowest BCUT2D eigenvalue weighted by molar-refractivity contribution is -0.130. The van der Waals surface area contributed by atoms with E-state index < -0.39 is 12.1 Å². The third-order valence-electron chi connectivity index (χ3n) is 4.19. The minimum Gasteiger partial charge on any atom is -0.354 e. The first-order chi connectivity index (χ1) is 12.6. The number of imide groups is 1. The van der Waals surface area contributed by atoms with E-state index in [2.05, 4.69) is 15.7 Å². The molecule has 0 aliphatic carbocycles. The fourth-order valence-electron chi connectivity index (χ4n) is 2.81. The van der Waals surface area contributed by atoms with Crippen LogP contribution < -0.4 is 10.6 Å². The van der Waals surface area contributed by atoms with E-state index in [-0.39, 0.29) is 18.2 Å². The highest BCUT2D eigenvalue weighted by Crippen LogP contribution is 2.11. The van der Waals surface area contributed by atoms with Crippen LogP contribution >= 0.6 is 0 Å². The summed E-state index contributed by atoms with van der Waals surface area (Å²) < 4.78 is 1.70. The molecule has 8 nitrogen and oxygen atoms in total. The Morgan fingerprint density at radius 2 is 1.96 bits per heavy atom. The molecule has 1 aliphatic rings. The summed E-state index contributed by atoms with van der Waals surface area (Å²) in [6.45, 7) is 1.26. The molecule has 0 saturated carbocycles. The number of hydrogen-bond acceptors (Lipinski definition) is 4. The van der Waals surface area contributed by atoms with Gasteiger partial charge in [-0.25, -0.2) is 4.79 Å². The van der Waals surface area contributed by atoms with Gasteiger partial charge >= 0.3 is 6.03 Å². The number of nitrogens with one attached hydrogen (secondary N) is 2. The maximum Gasteiger partial charge on any atom is 0.324 e. The second kappa shape index (κ2) is 8.28. The van der Waals surface area contributed by atoms with Crippen LogP contribution in [0, 0.1) is 0 Å². The van der Waals surface area contributed by atoms with Crippen molar-refractivity contribution < 1.29 is 14.4 Å². The van der Waals surface area contributed by atoms with Crippen LogP contribution in [-0.4, -0.2) is 51.7 Å². The Labute approximate surface area is 151 Å². The maximum absolute atomic E-state index is 12.4. The van der Waals surface area contributed by atoms with E-state index >= 15 is 0 Å². The molecule has 1 aromatic heterocycles. The lowest BCUT2D eigenvalue weighted by atomic mass is 10.1. The van der Waals surface area contributed by atoms with Gasteiger partial charge < -0.3 is 10.6 Å². The highest BCUT2D eigenvalue weighted by Gasteiger charge is 2.38. The van der Waals surface area contributed by atoms with Gasteiger partial charge in [0.1, 0.15) is 6.04 Å². The van der Waals surface area contributed by atoms with Crippen LogP contribution in [0.15, 0.2) is 48.8 Å². The number of nitrogens with zero attached hydrogens (tertiary/aromatic N) is 3. The van der Waals surface area contributed by atoms with Gasteiger partial charge in [0.15, 0.2) is 0 Å². The fraction of sp³-hybridized carbons (Fsp3) is 0.333. The van der Waals surface area contributed by atoms with Crippen molar-refractivity contribution in [2.45, 2.75) is 25.4 Å². The van der Waals surface area contributed by atoms with E-state index in [1.165, 1.54) is 4.90 Å². The van der Waals surface area contributed by atoms with Crippen LogP contribution in [0.5, 0.6) is 0 Å². The number of urea groups is 1. The predicted molar refractivity (Wildman–Crippen MR) is 94.0 cm³/mol. The van der Waals surface area contributed by atoms with E-state index in [1.54, 1.807) is 23.1 Å². The second-order valence-corrected chi connectivity index (χ2v) is 6.05. The van der Waals surface area contributed by atoms with Gasteiger partial charge in [-0.2, -0.15) is 5.10 Å². The summed E-state index contributed by atoms with van der Waals surface area (Å²) in [5, 5.41) is 9.36. The smallest absolute Gasteiger partial charge is 0.324 e. The summed E-state index contributed by atoms with van der Waals surface area (Å²) in [6.07, 6.45) is 3.99. The monoisotopic (exact) mass is 355 g/mol. The highest BCUT2D eigenvalue weighted by atomic mass is 16.2. The van der Waals surface area contributed by atoms with Crippen molar-refractivity contribution in [2.75, 3.05) is 13.1 Å². The summed E-state index contributed by atoms with van der Waals surface area (Å²) in [4.78, 5) is 37.6. The first-order valence-electron chi connectivity index (χ1n) is 8.53. The minimum atomic E-state index is -0.803. The van der Waals surface area contributed by atoms with E-state index in [4.69, 9.17) is 0 Å². The van der Waals surface area contributed by atoms with Gasteiger partial charge in [0.05, 0.1) is 13.0 Å². The number of carbonyl (C=O) groups excluding carboxylic acids is 3. The maximum atomic E-state index is 12.4. The number of hydrogen-bond donors (Lipinski definition) is 2. The Hall–Kier alpha value is -3.16. The molecule has 0 spiro atoms. The Kier molecular flexibility index (Phi) is 5.62. The molecule has 136 valence electrons. The zero-order chi connectivity index (χ0) is 18.4. The van der Waals surface area contributed by atoms with Gasteiger partial charge in [-0.1, -0.05) is 30.3 Å². The summed E-state index contributed by atoms with van der Waals surface area (Å²) in [6, 6.07) is 10.2. The molecule has 1 atom stereocenters. The Bertz CT molecular complexity index is 760. The normalized spacial score (nSPS) is 16.6. The predicted octanol–water partition coefficient (Wildman–Crippen LogP) is 0.552. The zero-order valence-electron chi connectivity index (χ0n) is 14.3. The number of rotatable bonds is 8. The van der Waals surface area contributed by atoms with Crippen molar-refractivity contribution >= 4 is 17.8 Å². The molecule has 2 N–H and O–H groups in total. The Balaban J connectivity index is 1.44. The van der Waals surface area contributed by atoms with Gasteiger partial charge in [0, 0.05) is 25.5 Å². The number of amides is 4. The minimum absolute atomic E-state index is 0.0640. The standard InChI is InChI=1S/C18H21N5O3/c24-16(19-9-12-22-10-4-8-20-22)13-15-17(25)23(18(26)21-15)11-7-14-5-2-1-3-6-14/h1-6,8,10,15H,7,9,11-13H2,(H,19,24)(H,21,26)/t15-/m0/s1. The average Bonchev–Trinajstić information content (AvgIpc) is 3.23. The van der Waals surface area contributed by atoms with Gasteiger partial charge in [-0.3, -0.25) is 19.2 Å². The molecule has 2 aromatic rings. The molecule has 0 radical (unpaired) electrons. The third kappa shape index (κ3) is 4.47. The Morgan fingerprint density at radius 3 is 2.69 bits per heavy atom. The molecule has 8 heteroatoms. The van der Waals surface area contributed by atoms with Crippen LogP contribution in [-0.2, 0) is 22.6 Å². The third-order valence-corrected chi connectivity index (χ3v) is 4.19. The SMILES string of the molecule is O=C(C[C@@H]1NC(=O)N(CCc2ccccc2)C1=O)NCCn1cccn1. The number of benzene rings is 1. The molecule has 0 bridgehead atoms. The van der Waals surface area contributed by atoms with Crippen molar-refractivity contribution in [3.63, 3.8) is 0 Å². The lowest BCUT2D eigenvalue weighted by Gasteiger charge is -2.13. The fourth-order valence-corrected chi connectivity index (χ4v) is 2.81. The topological polar surface area (TPSA) is 96.3 Å². The highest BCUT2D eigenvalue weighted by molar-refractivity contribution is 6.05. The largest absolute Gasteiger partial charge is 0.354 e. The lowest BCUT2D eigenvalue weighted by Crippen LogP contribution is -2.37. The van der Waals surface area contributed by atoms with Crippen molar-refractivity contribution in [2.24, 2.45) is 0 Å². The van der Waals surface area contributed by atoms with Crippen molar-refractivity contribution in [3.8, 4) is 0 Å². The molecule has 4 amide bonds. The van der Waals surface area contributed by atoms with E-state index in [0.717, 1.165) is 5.56 Å². The quantitative estimate of drug-likeness (QED) is 0.676. The van der Waals surface area contributed by atoms with Crippen LogP contribution in [0.2, 0.25) is 0 Å². The van der Waals surface area contributed by atoms with Crippen LogP contribution in [0.25, 0.3) is 0 Å². The summed E-state index contributed by atoms with van der Waals surface area (Å²) in [5.41, 5.74) is 1.05. The van der Waals surface area contributed by atoms with Gasteiger partial charge in [0.2, 0.25) is 5.91 Å². The molecule has 1 saturated heterocycles. The average molecular weight is 355 g/mol. The first kappa shape index (κ1) is 17.7. The van der Waals surface area contributed by atoms with Crippen molar-refractivity contribution in [1.29, 1.82) is 0 Å². The van der Waals surface area contributed by atoms with E-state index in [9.17, 15) is 14.4 Å². The summed E-state index contributed by atoms with van der Waals surface area (Å²) >= 11 is 0. The molecule has 1 aliphatic heterocycles. The number of carbonyl (C=O) groups is 3. The van der Waals surface area contributed by atoms with E-state index in [1.807, 2.05) is 30.3 Å². The molecule has 1 aromatic carbocycles. The molecular formula is C18H21N5O3. The second-order valence-electron chi connectivity index (χ2n) is 6.05. The molecule has 3 rings (SSSR count). The molecule has 26 heavy (non-hydrogen) atoms. The van der Waals surface area contributed by atoms with Gasteiger partial charge in [0.25, 0.3) is 5.91 Å². The van der Waals surface area contributed by atoms with Crippen LogP contribution in [0.3, 0.4) is 0 Å². The van der Waals surface area contributed by atoms with Crippen LogP contribution in [0.4, 0.5) is 4.79 Å². The van der Waals surface area contributed by atoms with E-state index in [0.29, 0.717) is 26.1 Å². The van der Waals surface area contributed by atoms with Crippen LogP contribution in [0.1, 0.15) is 12.0 Å². The molecular weight excluding hydrogens is 334 g/mol. The van der Waals surface area contributed by atoms with Crippen molar-refractivity contribution in [3.05, 3.63) is 54.4 Å². The molecule has 2 heterocycles. The van der Waals surface area contributed by atoms with Gasteiger partial charge in [-0.15, -0.1) is 0 Å². The summed E-state index contributed by atoms with van der Waals surface area (Å²) in [7, 11) is 0. The van der Waals surface area contributed by atoms with Crippen molar-refractivity contribution in [1.82, 2.24) is 25.3 Å². The Morgan fingerprint density at radius 1 is 1.15 bits per heavy atom. The molecule has 0 unspecified atom stereocenters. The zero-order valence-corrected chi connectivity index (χ0v) is 14.3. The molecule has 1 fully saturated rings. The number of aromatic nitrogens is 2. The van der Waals surface area contributed by atoms with Gasteiger partial charge in [-0.05, 0) is 18.1 Å². The summed E-state index contributed by atoms with van der Waals surface area (Å²) in [5.74, 6) is -0.631. The first-order valence-corrected chi connectivity index (χ1v) is 8.53.